The van der Waals surface area contributed by atoms with Crippen LogP contribution in [-0.2, 0) is 0 Å². The molecule has 4 rings (SSSR count). The maximum absolute atomic E-state index is 5.93. The van der Waals surface area contributed by atoms with Gasteiger partial charge in [0.05, 0.1) is 6.54 Å². The van der Waals surface area contributed by atoms with Gasteiger partial charge in [0.1, 0.15) is 12.7 Å². The second-order valence-corrected chi connectivity index (χ2v) is 7.04. The molecule has 0 aromatic heterocycles. The molecule has 2 bridgehead atoms. The number of thiocarbonyl (C=S) groups is 1. The highest BCUT2D eigenvalue weighted by Crippen LogP contribution is 2.44. The molecule has 4 nitrogen and oxygen atoms in total. The van der Waals surface area contributed by atoms with E-state index >= 15 is 0 Å². The van der Waals surface area contributed by atoms with Gasteiger partial charge in [0.15, 0.2) is 16.6 Å². The van der Waals surface area contributed by atoms with Crippen LogP contribution in [0.25, 0.3) is 0 Å². The molecule has 0 amide bonds. The lowest BCUT2D eigenvalue weighted by Gasteiger charge is -2.28. The number of ether oxygens (including phenoxy) is 2. The van der Waals surface area contributed by atoms with Gasteiger partial charge < -0.3 is 20.1 Å². The molecular weight excluding hydrogens is 296 g/mol. The van der Waals surface area contributed by atoms with Crippen LogP contribution >= 0.6 is 12.2 Å². The van der Waals surface area contributed by atoms with E-state index in [9.17, 15) is 0 Å². The summed E-state index contributed by atoms with van der Waals surface area (Å²) in [6, 6.07) is 8.35. The van der Waals surface area contributed by atoms with E-state index in [2.05, 4.69) is 10.6 Å². The van der Waals surface area contributed by atoms with Crippen molar-refractivity contribution in [3.05, 3.63) is 24.3 Å². The summed E-state index contributed by atoms with van der Waals surface area (Å²) < 4.78 is 11.6. The molecule has 22 heavy (non-hydrogen) atoms. The first-order valence-electron chi connectivity index (χ1n) is 8.21. The number of benzene rings is 1. The van der Waals surface area contributed by atoms with Gasteiger partial charge in [-0.25, -0.2) is 0 Å². The molecule has 1 heterocycles. The van der Waals surface area contributed by atoms with Crippen LogP contribution in [0.1, 0.15) is 25.7 Å². The van der Waals surface area contributed by atoms with Crippen LogP contribution in [-0.4, -0.2) is 30.4 Å². The fourth-order valence-electron chi connectivity index (χ4n) is 4.01. The largest absolute Gasteiger partial charge is 0.486 e. The van der Waals surface area contributed by atoms with Crippen molar-refractivity contribution in [1.29, 1.82) is 0 Å². The van der Waals surface area contributed by atoms with Crippen LogP contribution in [0.2, 0.25) is 0 Å². The molecule has 1 aliphatic heterocycles. The summed E-state index contributed by atoms with van der Waals surface area (Å²) >= 11 is 5.43. The fourth-order valence-corrected chi connectivity index (χ4v) is 4.25. The molecule has 4 atom stereocenters. The van der Waals surface area contributed by atoms with Crippen LogP contribution in [0, 0.1) is 11.8 Å². The molecule has 1 aromatic carbocycles. The Balaban J connectivity index is 1.24. The second kappa shape index (κ2) is 5.95. The Kier molecular flexibility index (Phi) is 3.82. The third-order valence-electron chi connectivity index (χ3n) is 5.11. The average molecular weight is 318 g/mol. The topological polar surface area (TPSA) is 42.5 Å². The Morgan fingerprint density at radius 2 is 2.05 bits per heavy atom. The van der Waals surface area contributed by atoms with E-state index in [1.807, 2.05) is 24.3 Å². The molecule has 2 fully saturated rings. The molecule has 3 aliphatic rings. The second-order valence-electron chi connectivity index (χ2n) is 6.63. The minimum Gasteiger partial charge on any atom is -0.486 e. The monoisotopic (exact) mass is 318 g/mol. The predicted molar refractivity (Wildman–Crippen MR) is 89.3 cm³/mol. The van der Waals surface area contributed by atoms with E-state index in [0.717, 1.165) is 28.4 Å². The van der Waals surface area contributed by atoms with E-state index in [1.54, 1.807) is 0 Å². The van der Waals surface area contributed by atoms with Gasteiger partial charge in [0, 0.05) is 6.04 Å². The molecule has 118 valence electrons. The molecule has 0 unspecified atom stereocenters. The number of fused-ring (bicyclic) bond motifs is 3. The van der Waals surface area contributed by atoms with Crippen molar-refractivity contribution in [2.75, 3.05) is 13.2 Å². The Morgan fingerprint density at radius 1 is 1.18 bits per heavy atom. The summed E-state index contributed by atoms with van der Waals surface area (Å²) in [7, 11) is 0. The first-order chi connectivity index (χ1) is 10.8. The standard InChI is InChI=1S/C17H22N2O2S/c22-17(19-14-8-11-5-6-12(14)7-11)18-9-13-10-20-15-3-1-2-4-16(15)21-13/h1-4,11-14H,5-10H2,(H2,18,19,22)/t11-,12-,13+,14+/m1/s1. The molecule has 2 aliphatic carbocycles. The number of rotatable bonds is 3. The fraction of sp³-hybridized carbons (Fsp3) is 0.588. The first-order valence-corrected chi connectivity index (χ1v) is 8.61. The number of hydrogen-bond donors (Lipinski definition) is 2. The first kappa shape index (κ1) is 14.1. The van der Waals surface area contributed by atoms with E-state index in [1.165, 1.54) is 25.7 Å². The highest BCUT2D eigenvalue weighted by Gasteiger charge is 2.39. The van der Waals surface area contributed by atoms with Gasteiger partial charge in [-0.15, -0.1) is 0 Å². The summed E-state index contributed by atoms with van der Waals surface area (Å²) in [5.74, 6) is 3.39. The quantitative estimate of drug-likeness (QED) is 0.838. The Hall–Kier alpha value is -1.49. The number of hydrogen-bond acceptors (Lipinski definition) is 3. The Labute approximate surface area is 136 Å². The van der Waals surface area contributed by atoms with E-state index in [-0.39, 0.29) is 6.10 Å². The van der Waals surface area contributed by atoms with Crippen molar-refractivity contribution in [2.45, 2.75) is 37.8 Å². The highest BCUT2D eigenvalue weighted by atomic mass is 32.1. The van der Waals surface area contributed by atoms with Crippen molar-refractivity contribution >= 4 is 17.3 Å². The van der Waals surface area contributed by atoms with Crippen LogP contribution < -0.4 is 20.1 Å². The van der Waals surface area contributed by atoms with Crippen molar-refractivity contribution in [3.8, 4) is 11.5 Å². The summed E-state index contributed by atoms with van der Waals surface area (Å²) in [5, 5.41) is 7.53. The van der Waals surface area contributed by atoms with Gasteiger partial charge in [-0.1, -0.05) is 18.6 Å². The molecule has 2 saturated carbocycles. The van der Waals surface area contributed by atoms with Gasteiger partial charge in [-0.05, 0) is 55.4 Å². The van der Waals surface area contributed by atoms with E-state index < -0.39 is 0 Å². The van der Waals surface area contributed by atoms with Gasteiger partial charge in [-0.2, -0.15) is 0 Å². The van der Waals surface area contributed by atoms with Crippen molar-refractivity contribution in [2.24, 2.45) is 11.8 Å². The Bertz CT molecular complexity index is 565. The summed E-state index contributed by atoms with van der Waals surface area (Å²) in [4.78, 5) is 0. The third kappa shape index (κ3) is 2.86. The maximum Gasteiger partial charge on any atom is 0.166 e. The van der Waals surface area contributed by atoms with Crippen molar-refractivity contribution < 1.29 is 9.47 Å². The normalized spacial score (nSPS) is 31.8. The van der Waals surface area contributed by atoms with Gasteiger partial charge in [-0.3, -0.25) is 0 Å². The lowest BCUT2D eigenvalue weighted by Crippen LogP contribution is -2.48. The molecule has 0 radical (unpaired) electrons. The third-order valence-corrected chi connectivity index (χ3v) is 5.37. The lowest BCUT2D eigenvalue weighted by atomic mass is 9.96. The van der Waals surface area contributed by atoms with Crippen molar-refractivity contribution in [1.82, 2.24) is 10.6 Å². The predicted octanol–water partition coefficient (Wildman–Crippen LogP) is 2.48. The molecule has 0 saturated heterocycles. The van der Waals surface area contributed by atoms with Crippen molar-refractivity contribution in [3.63, 3.8) is 0 Å². The highest BCUT2D eigenvalue weighted by molar-refractivity contribution is 7.80. The zero-order valence-electron chi connectivity index (χ0n) is 12.6. The number of nitrogens with one attached hydrogen (secondary N) is 2. The summed E-state index contributed by atoms with van der Waals surface area (Å²) in [6.07, 6.45) is 5.44. The van der Waals surface area contributed by atoms with Crippen LogP contribution in [0.3, 0.4) is 0 Å². The van der Waals surface area contributed by atoms with Gasteiger partial charge >= 0.3 is 0 Å². The SMILES string of the molecule is S=C(NC[C@H]1COc2ccccc2O1)N[C@H]1C[C@@H]2CC[C@@H]1C2. The van der Waals surface area contributed by atoms with E-state index in [0.29, 0.717) is 19.2 Å². The van der Waals surface area contributed by atoms with Crippen LogP contribution in [0.15, 0.2) is 24.3 Å². The minimum absolute atomic E-state index is 0.00493. The molecule has 0 spiro atoms. The molecule has 1 aromatic rings. The molecular formula is C17H22N2O2S. The van der Waals surface area contributed by atoms with Gasteiger partial charge in [0.25, 0.3) is 0 Å². The number of para-hydroxylation sites is 2. The lowest BCUT2D eigenvalue weighted by molar-refractivity contribution is 0.0937. The van der Waals surface area contributed by atoms with Crippen LogP contribution in [0.5, 0.6) is 11.5 Å². The minimum atomic E-state index is -0.00493. The van der Waals surface area contributed by atoms with Crippen LogP contribution in [0.4, 0.5) is 0 Å². The zero-order chi connectivity index (χ0) is 14.9. The zero-order valence-corrected chi connectivity index (χ0v) is 13.4. The van der Waals surface area contributed by atoms with Gasteiger partial charge in [0.2, 0.25) is 0 Å². The smallest absolute Gasteiger partial charge is 0.166 e. The van der Waals surface area contributed by atoms with E-state index in [4.69, 9.17) is 21.7 Å². The summed E-state index contributed by atoms with van der Waals surface area (Å²) in [6.45, 7) is 1.22. The molecule has 2 N–H and O–H groups in total. The Morgan fingerprint density at radius 3 is 2.82 bits per heavy atom. The molecule has 5 heteroatoms. The summed E-state index contributed by atoms with van der Waals surface area (Å²) in [5.41, 5.74) is 0. The average Bonchev–Trinajstić information content (AvgIpc) is 3.15. The maximum atomic E-state index is 5.93.